The molecule has 2 fully saturated rings. The molecule has 1 spiro atoms. The number of nitrogens with one attached hydrogen (secondary N) is 1. The van der Waals surface area contributed by atoms with Crippen molar-refractivity contribution < 1.29 is 14.7 Å². The molecule has 2 aliphatic rings. The summed E-state index contributed by atoms with van der Waals surface area (Å²) in [5, 5.41) is 18.5. The van der Waals surface area contributed by atoms with Gasteiger partial charge in [0.15, 0.2) is 5.69 Å². The summed E-state index contributed by atoms with van der Waals surface area (Å²) in [5.74, 6) is -0.525. The molecule has 2 atom stereocenters. The number of piperidine rings is 2. The van der Waals surface area contributed by atoms with Crippen LogP contribution in [0, 0.1) is 5.41 Å². The molecule has 2 amide bonds. The molecule has 3 heterocycles. The fourth-order valence-electron chi connectivity index (χ4n) is 4.22. The lowest BCUT2D eigenvalue weighted by molar-refractivity contribution is -0.147. The highest BCUT2D eigenvalue weighted by atomic mass is 16.3. The fourth-order valence-corrected chi connectivity index (χ4v) is 4.22. The van der Waals surface area contributed by atoms with Gasteiger partial charge in [0.25, 0.3) is 11.5 Å². The summed E-state index contributed by atoms with van der Waals surface area (Å²) in [6.45, 7) is 1.08. The number of aryl methyl sites for hydroxylation is 1. The van der Waals surface area contributed by atoms with Crippen molar-refractivity contribution in [3.63, 3.8) is 0 Å². The zero-order valence-corrected chi connectivity index (χ0v) is 15.1. The molecule has 0 aliphatic carbocycles. The van der Waals surface area contributed by atoms with Crippen molar-refractivity contribution in [2.45, 2.75) is 25.4 Å². The number of likely N-dealkylation sites (tertiary alicyclic amines) is 1. The normalized spacial score (nSPS) is 25.6. The number of nitrogens with zero attached hydrogens (tertiary/aromatic N) is 3. The lowest BCUT2D eigenvalue weighted by atomic mass is 9.71. The summed E-state index contributed by atoms with van der Waals surface area (Å²) < 4.78 is 1.16. The topological polar surface area (TPSA) is 105 Å². The second-order valence-electron chi connectivity index (χ2n) is 7.37. The Morgan fingerprint density at radius 2 is 2.04 bits per heavy atom. The minimum absolute atomic E-state index is 0.150. The quantitative estimate of drug-likeness (QED) is 0.737. The summed E-state index contributed by atoms with van der Waals surface area (Å²) >= 11 is 0. The first-order valence-electron chi connectivity index (χ1n) is 9.16. The van der Waals surface area contributed by atoms with Gasteiger partial charge in [0.05, 0.1) is 16.9 Å². The SMILES string of the molecule is Cn1nc(C(=O)N2CC[C@H](O)[C@@]3(CCCNC3=O)C2)c2ccccc2c1=O. The standard InChI is InChI=1S/C19H22N4O4/c1-22-16(25)13-6-3-2-5-12(13)15(21-22)17(26)23-10-7-14(24)19(11-23)8-4-9-20-18(19)27/h2-3,5-6,14,24H,4,7-11H2,1H3,(H,20,27)/t14-,19+/m0/s1. The van der Waals surface area contributed by atoms with E-state index in [0.717, 1.165) is 11.1 Å². The minimum Gasteiger partial charge on any atom is -0.392 e. The number of amides is 2. The maximum Gasteiger partial charge on any atom is 0.274 e. The highest BCUT2D eigenvalue weighted by Crippen LogP contribution is 2.37. The molecule has 1 aromatic heterocycles. The second kappa shape index (κ2) is 6.45. The molecule has 142 valence electrons. The van der Waals surface area contributed by atoms with Crippen molar-refractivity contribution in [2.75, 3.05) is 19.6 Å². The van der Waals surface area contributed by atoms with E-state index in [4.69, 9.17) is 0 Å². The van der Waals surface area contributed by atoms with E-state index >= 15 is 0 Å². The van der Waals surface area contributed by atoms with Gasteiger partial charge in [0.2, 0.25) is 5.91 Å². The minimum atomic E-state index is -0.970. The Kier molecular flexibility index (Phi) is 4.22. The monoisotopic (exact) mass is 370 g/mol. The van der Waals surface area contributed by atoms with Gasteiger partial charge in [0.1, 0.15) is 0 Å². The van der Waals surface area contributed by atoms with Crippen molar-refractivity contribution in [2.24, 2.45) is 12.5 Å². The van der Waals surface area contributed by atoms with Gasteiger partial charge < -0.3 is 15.3 Å². The molecule has 0 radical (unpaired) electrons. The zero-order chi connectivity index (χ0) is 19.2. The van der Waals surface area contributed by atoms with Crippen molar-refractivity contribution in [3.8, 4) is 0 Å². The van der Waals surface area contributed by atoms with Crippen LogP contribution in [-0.4, -0.2) is 57.3 Å². The predicted octanol–water partition coefficient (Wildman–Crippen LogP) is 0.0367. The van der Waals surface area contributed by atoms with Crippen LogP contribution >= 0.6 is 0 Å². The lowest BCUT2D eigenvalue weighted by Gasteiger charge is -2.46. The van der Waals surface area contributed by atoms with Gasteiger partial charge in [-0.1, -0.05) is 18.2 Å². The van der Waals surface area contributed by atoms with Gasteiger partial charge in [-0.05, 0) is 25.3 Å². The third kappa shape index (κ3) is 2.71. The number of fused-ring (bicyclic) bond motifs is 1. The molecule has 8 heteroatoms. The van der Waals surface area contributed by atoms with E-state index < -0.39 is 11.5 Å². The van der Waals surface area contributed by atoms with Gasteiger partial charge in [-0.15, -0.1) is 0 Å². The third-order valence-electron chi connectivity index (χ3n) is 5.77. The van der Waals surface area contributed by atoms with Crippen LogP contribution in [0.1, 0.15) is 29.8 Å². The highest BCUT2D eigenvalue weighted by Gasteiger charge is 2.50. The number of aromatic nitrogens is 2. The first-order valence-corrected chi connectivity index (χ1v) is 9.16. The van der Waals surface area contributed by atoms with Crippen LogP contribution in [0.2, 0.25) is 0 Å². The number of benzene rings is 1. The predicted molar refractivity (Wildman–Crippen MR) is 98.2 cm³/mol. The molecule has 0 bridgehead atoms. The molecule has 27 heavy (non-hydrogen) atoms. The summed E-state index contributed by atoms with van der Waals surface area (Å²) in [7, 11) is 1.52. The van der Waals surface area contributed by atoms with Crippen LogP contribution in [-0.2, 0) is 11.8 Å². The second-order valence-corrected chi connectivity index (χ2v) is 7.37. The molecule has 2 aromatic rings. The van der Waals surface area contributed by atoms with Crippen molar-refractivity contribution in [1.82, 2.24) is 20.0 Å². The summed E-state index contributed by atoms with van der Waals surface area (Å²) in [4.78, 5) is 39.7. The maximum absolute atomic E-state index is 13.3. The molecule has 2 N–H and O–H groups in total. The lowest BCUT2D eigenvalue weighted by Crippen LogP contribution is -2.62. The van der Waals surface area contributed by atoms with Crippen LogP contribution in [0.5, 0.6) is 0 Å². The molecule has 0 saturated carbocycles. The zero-order valence-electron chi connectivity index (χ0n) is 15.1. The van der Waals surface area contributed by atoms with Crippen molar-refractivity contribution >= 4 is 22.6 Å². The van der Waals surface area contributed by atoms with E-state index in [0.29, 0.717) is 36.7 Å². The first kappa shape index (κ1) is 17.7. The number of rotatable bonds is 1. The van der Waals surface area contributed by atoms with Gasteiger partial charge in [-0.2, -0.15) is 5.10 Å². The molecule has 8 nitrogen and oxygen atoms in total. The number of carbonyl (C=O) groups is 2. The molecule has 0 unspecified atom stereocenters. The van der Waals surface area contributed by atoms with Crippen molar-refractivity contribution in [3.05, 3.63) is 40.3 Å². The first-order chi connectivity index (χ1) is 12.9. The Morgan fingerprint density at radius 3 is 2.78 bits per heavy atom. The van der Waals surface area contributed by atoms with Crippen LogP contribution in [0.25, 0.3) is 10.8 Å². The third-order valence-corrected chi connectivity index (χ3v) is 5.77. The smallest absolute Gasteiger partial charge is 0.274 e. The molecule has 1 aromatic carbocycles. The van der Waals surface area contributed by atoms with Gasteiger partial charge in [-0.3, -0.25) is 14.4 Å². The maximum atomic E-state index is 13.3. The average Bonchev–Trinajstić information content (AvgIpc) is 2.68. The number of hydrogen-bond acceptors (Lipinski definition) is 5. The summed E-state index contributed by atoms with van der Waals surface area (Å²) in [6, 6.07) is 6.89. The van der Waals surface area contributed by atoms with E-state index in [-0.39, 0.29) is 29.6 Å². The Hall–Kier alpha value is -2.74. The van der Waals surface area contributed by atoms with Gasteiger partial charge in [0, 0.05) is 32.1 Å². The number of aliphatic hydroxyl groups is 1. The number of aliphatic hydroxyl groups excluding tert-OH is 1. The number of carbonyl (C=O) groups excluding carboxylic acids is 2. The van der Waals surface area contributed by atoms with Crippen LogP contribution in [0.3, 0.4) is 0 Å². The summed E-state index contributed by atoms with van der Waals surface area (Å²) in [6.07, 6.45) is 0.881. The average molecular weight is 370 g/mol. The Morgan fingerprint density at radius 1 is 1.30 bits per heavy atom. The molecule has 4 rings (SSSR count). The fraction of sp³-hybridized carbons (Fsp3) is 0.474. The van der Waals surface area contributed by atoms with Crippen LogP contribution in [0.15, 0.2) is 29.1 Å². The van der Waals surface area contributed by atoms with Crippen LogP contribution < -0.4 is 10.9 Å². The van der Waals surface area contributed by atoms with E-state index in [2.05, 4.69) is 10.4 Å². The van der Waals surface area contributed by atoms with E-state index in [1.807, 2.05) is 0 Å². The van der Waals surface area contributed by atoms with E-state index in [1.54, 1.807) is 29.2 Å². The van der Waals surface area contributed by atoms with Crippen LogP contribution in [0.4, 0.5) is 0 Å². The van der Waals surface area contributed by atoms with Crippen molar-refractivity contribution in [1.29, 1.82) is 0 Å². The van der Waals surface area contributed by atoms with E-state index in [1.165, 1.54) is 7.05 Å². The largest absolute Gasteiger partial charge is 0.392 e. The molecular formula is C19H22N4O4. The van der Waals surface area contributed by atoms with Gasteiger partial charge >= 0.3 is 0 Å². The molecule has 2 aliphatic heterocycles. The molecular weight excluding hydrogens is 348 g/mol. The highest BCUT2D eigenvalue weighted by molar-refractivity contribution is 6.05. The number of hydrogen-bond donors (Lipinski definition) is 2. The van der Waals surface area contributed by atoms with Gasteiger partial charge in [-0.25, -0.2) is 4.68 Å². The van der Waals surface area contributed by atoms with E-state index in [9.17, 15) is 19.5 Å². The summed E-state index contributed by atoms with van der Waals surface area (Å²) in [5.41, 5.74) is -1.04. The Balaban J connectivity index is 1.74. The molecule has 2 saturated heterocycles. The Bertz CT molecular complexity index is 985. The Labute approximate surface area is 155 Å².